The van der Waals surface area contributed by atoms with E-state index in [2.05, 4.69) is 4.90 Å². The summed E-state index contributed by atoms with van der Waals surface area (Å²) in [6.07, 6.45) is 2.81. The minimum absolute atomic E-state index is 0.255. The zero-order valence-corrected chi connectivity index (χ0v) is 10.4. The molecule has 0 aromatic heterocycles. The first-order valence-corrected chi connectivity index (χ1v) is 6.22. The zero-order chi connectivity index (χ0) is 12.3. The average Bonchev–Trinajstić information content (AvgIpc) is 2.77. The number of methoxy groups -OCH3 is 1. The summed E-state index contributed by atoms with van der Waals surface area (Å²) in [5.74, 6) is -0.724. The van der Waals surface area contributed by atoms with Crippen molar-refractivity contribution in [3.05, 3.63) is 0 Å². The Bertz CT molecular complexity index is 276. The van der Waals surface area contributed by atoms with Crippen LogP contribution in [0.3, 0.4) is 0 Å². The Kier molecular flexibility index (Phi) is 4.01. The van der Waals surface area contributed by atoms with E-state index in [9.17, 15) is 9.90 Å². The number of hydrogen-bond acceptors (Lipinski definition) is 4. The highest BCUT2D eigenvalue weighted by atomic mass is 16.5. The molecule has 2 heterocycles. The van der Waals surface area contributed by atoms with E-state index < -0.39 is 11.4 Å². The van der Waals surface area contributed by atoms with E-state index >= 15 is 0 Å². The molecule has 2 atom stereocenters. The fraction of sp³-hybridized carbons (Fsp3) is 0.917. The largest absolute Gasteiger partial charge is 0.481 e. The van der Waals surface area contributed by atoms with E-state index in [4.69, 9.17) is 9.47 Å². The Morgan fingerprint density at radius 2 is 2.47 bits per heavy atom. The normalized spacial score (nSPS) is 35.0. The van der Waals surface area contributed by atoms with Gasteiger partial charge in [0.15, 0.2) is 0 Å². The van der Waals surface area contributed by atoms with E-state index in [-0.39, 0.29) is 6.10 Å². The van der Waals surface area contributed by atoms with Crippen molar-refractivity contribution in [2.45, 2.75) is 25.4 Å². The molecule has 0 bridgehead atoms. The molecule has 98 valence electrons. The third-order valence-corrected chi connectivity index (χ3v) is 3.86. The second-order valence-corrected chi connectivity index (χ2v) is 5.12. The lowest BCUT2D eigenvalue weighted by Crippen LogP contribution is -2.48. The van der Waals surface area contributed by atoms with Crippen molar-refractivity contribution in [2.24, 2.45) is 5.41 Å². The van der Waals surface area contributed by atoms with Gasteiger partial charge in [0.25, 0.3) is 0 Å². The number of carbonyl (C=O) groups is 1. The molecule has 2 unspecified atom stereocenters. The molecule has 0 amide bonds. The first kappa shape index (κ1) is 12.8. The van der Waals surface area contributed by atoms with Gasteiger partial charge < -0.3 is 14.6 Å². The maximum atomic E-state index is 11.5. The third-order valence-electron chi connectivity index (χ3n) is 3.86. The predicted octanol–water partition coefficient (Wildman–Crippen LogP) is 0.589. The van der Waals surface area contributed by atoms with Crippen LogP contribution in [-0.2, 0) is 14.3 Å². The smallest absolute Gasteiger partial charge is 0.313 e. The summed E-state index contributed by atoms with van der Waals surface area (Å²) >= 11 is 0. The SMILES string of the molecule is COC1CCN(CC2(C(=O)O)CCCOC2)C1. The van der Waals surface area contributed by atoms with Gasteiger partial charge in [-0.05, 0) is 19.3 Å². The minimum Gasteiger partial charge on any atom is -0.481 e. The van der Waals surface area contributed by atoms with Crippen molar-refractivity contribution in [1.29, 1.82) is 0 Å². The molecule has 0 aromatic carbocycles. The summed E-state index contributed by atoms with van der Waals surface area (Å²) in [4.78, 5) is 13.7. The predicted molar refractivity (Wildman–Crippen MR) is 62.0 cm³/mol. The number of carboxylic acid groups (broad SMARTS) is 1. The van der Waals surface area contributed by atoms with Gasteiger partial charge in [-0.1, -0.05) is 0 Å². The van der Waals surface area contributed by atoms with Crippen LogP contribution in [0.4, 0.5) is 0 Å². The molecule has 0 spiro atoms. The summed E-state index contributed by atoms with van der Waals surface area (Å²) in [6.45, 7) is 3.38. The molecule has 0 radical (unpaired) electrons. The fourth-order valence-electron chi connectivity index (χ4n) is 2.77. The lowest BCUT2D eigenvalue weighted by Gasteiger charge is -2.36. The van der Waals surface area contributed by atoms with Crippen molar-refractivity contribution in [2.75, 3.05) is 40.0 Å². The van der Waals surface area contributed by atoms with Gasteiger partial charge in [0.1, 0.15) is 5.41 Å². The second kappa shape index (κ2) is 5.33. The van der Waals surface area contributed by atoms with Crippen LogP contribution < -0.4 is 0 Å². The Morgan fingerprint density at radius 1 is 1.65 bits per heavy atom. The van der Waals surface area contributed by atoms with Crippen LogP contribution in [0.5, 0.6) is 0 Å². The van der Waals surface area contributed by atoms with E-state index in [1.165, 1.54) is 0 Å². The molecule has 2 fully saturated rings. The highest BCUT2D eigenvalue weighted by Gasteiger charge is 2.43. The number of aliphatic carboxylic acids is 1. The molecule has 2 saturated heterocycles. The number of carboxylic acids is 1. The molecule has 17 heavy (non-hydrogen) atoms. The maximum Gasteiger partial charge on any atom is 0.313 e. The van der Waals surface area contributed by atoms with Crippen LogP contribution in [0, 0.1) is 5.41 Å². The van der Waals surface area contributed by atoms with Crippen LogP contribution in [-0.4, -0.2) is 62.0 Å². The quantitative estimate of drug-likeness (QED) is 0.783. The summed E-state index contributed by atoms with van der Waals surface area (Å²) < 4.78 is 10.7. The monoisotopic (exact) mass is 243 g/mol. The number of nitrogens with zero attached hydrogens (tertiary/aromatic N) is 1. The van der Waals surface area contributed by atoms with Crippen LogP contribution >= 0.6 is 0 Å². The van der Waals surface area contributed by atoms with E-state index in [1.807, 2.05) is 0 Å². The Labute approximate surface area is 102 Å². The molecule has 0 aromatic rings. The molecule has 0 aliphatic carbocycles. The lowest BCUT2D eigenvalue weighted by atomic mass is 9.82. The fourth-order valence-corrected chi connectivity index (χ4v) is 2.77. The molecule has 2 rings (SSSR count). The summed E-state index contributed by atoms with van der Waals surface area (Å²) in [6, 6.07) is 0. The number of rotatable bonds is 4. The summed E-state index contributed by atoms with van der Waals surface area (Å²) in [5, 5.41) is 9.43. The molecule has 5 nitrogen and oxygen atoms in total. The van der Waals surface area contributed by atoms with Gasteiger partial charge in [-0.3, -0.25) is 9.69 Å². The van der Waals surface area contributed by atoms with Gasteiger partial charge >= 0.3 is 5.97 Å². The first-order chi connectivity index (χ1) is 8.16. The van der Waals surface area contributed by atoms with Crippen molar-refractivity contribution >= 4 is 5.97 Å². The van der Waals surface area contributed by atoms with Gasteiger partial charge in [0.05, 0.1) is 12.7 Å². The van der Waals surface area contributed by atoms with Crippen molar-refractivity contribution in [1.82, 2.24) is 4.90 Å². The summed E-state index contributed by atoms with van der Waals surface area (Å²) in [5.41, 5.74) is -0.707. The van der Waals surface area contributed by atoms with Crippen LogP contribution in [0.1, 0.15) is 19.3 Å². The molecule has 2 aliphatic rings. The van der Waals surface area contributed by atoms with Gasteiger partial charge in [0, 0.05) is 33.4 Å². The number of likely N-dealkylation sites (tertiary alicyclic amines) is 1. The molecule has 5 heteroatoms. The van der Waals surface area contributed by atoms with Gasteiger partial charge in [0.2, 0.25) is 0 Å². The molecule has 0 saturated carbocycles. The molecule has 2 aliphatic heterocycles. The Morgan fingerprint density at radius 3 is 3.00 bits per heavy atom. The highest BCUT2D eigenvalue weighted by molar-refractivity contribution is 5.75. The molecular formula is C12H21NO4. The number of ether oxygens (including phenoxy) is 2. The third kappa shape index (κ3) is 2.78. The molecular weight excluding hydrogens is 222 g/mol. The second-order valence-electron chi connectivity index (χ2n) is 5.12. The Balaban J connectivity index is 1.96. The van der Waals surface area contributed by atoms with Crippen LogP contribution in [0.2, 0.25) is 0 Å². The average molecular weight is 243 g/mol. The van der Waals surface area contributed by atoms with Gasteiger partial charge in [-0.25, -0.2) is 0 Å². The lowest BCUT2D eigenvalue weighted by molar-refractivity contribution is -0.159. The minimum atomic E-state index is -0.724. The standard InChI is InChI=1S/C12H21NO4/c1-16-10-3-5-13(7-10)8-12(11(14)15)4-2-6-17-9-12/h10H,2-9H2,1H3,(H,14,15). The maximum absolute atomic E-state index is 11.5. The van der Waals surface area contributed by atoms with E-state index in [0.29, 0.717) is 19.8 Å². The van der Waals surface area contributed by atoms with E-state index in [0.717, 1.165) is 32.4 Å². The van der Waals surface area contributed by atoms with Crippen LogP contribution in [0.25, 0.3) is 0 Å². The van der Waals surface area contributed by atoms with E-state index in [1.54, 1.807) is 7.11 Å². The van der Waals surface area contributed by atoms with Crippen molar-refractivity contribution in [3.63, 3.8) is 0 Å². The van der Waals surface area contributed by atoms with Gasteiger partial charge in [-0.15, -0.1) is 0 Å². The van der Waals surface area contributed by atoms with Crippen molar-refractivity contribution in [3.8, 4) is 0 Å². The first-order valence-electron chi connectivity index (χ1n) is 6.22. The summed E-state index contributed by atoms with van der Waals surface area (Å²) in [7, 11) is 1.71. The highest BCUT2D eigenvalue weighted by Crippen LogP contribution is 2.31. The molecule has 1 N–H and O–H groups in total. The zero-order valence-electron chi connectivity index (χ0n) is 10.4. The van der Waals surface area contributed by atoms with Crippen molar-refractivity contribution < 1.29 is 19.4 Å². The Hall–Kier alpha value is -0.650. The van der Waals surface area contributed by atoms with Crippen LogP contribution in [0.15, 0.2) is 0 Å². The number of hydrogen-bond donors (Lipinski definition) is 1. The topological polar surface area (TPSA) is 59.0 Å². The van der Waals surface area contributed by atoms with Gasteiger partial charge in [-0.2, -0.15) is 0 Å².